The molecular formula is C40H57N3O9. The summed E-state index contributed by atoms with van der Waals surface area (Å²) in [6.07, 6.45) is 1.99. The number of ketones is 2. The second-order valence-corrected chi connectivity index (χ2v) is 14.8. The fraction of sp³-hybridized carbons (Fsp3) is 0.575. The molecule has 0 bridgehead atoms. The number of methoxy groups -OCH3 is 2. The molecular weight excluding hydrogens is 666 g/mol. The van der Waals surface area contributed by atoms with Crippen molar-refractivity contribution in [1.29, 1.82) is 0 Å². The highest BCUT2D eigenvalue weighted by molar-refractivity contribution is 6.41. The second-order valence-electron chi connectivity index (χ2n) is 14.8. The number of likely N-dealkylation sites (tertiary alicyclic amines) is 1. The summed E-state index contributed by atoms with van der Waals surface area (Å²) in [7, 11) is 3.12. The van der Waals surface area contributed by atoms with Crippen molar-refractivity contribution >= 4 is 35.3 Å². The van der Waals surface area contributed by atoms with Crippen LogP contribution in [0.1, 0.15) is 111 Å². The van der Waals surface area contributed by atoms with Crippen LogP contribution in [0.5, 0.6) is 11.5 Å². The van der Waals surface area contributed by atoms with Crippen molar-refractivity contribution in [2.45, 2.75) is 124 Å². The summed E-state index contributed by atoms with van der Waals surface area (Å²) < 4.78 is 22.4. The lowest BCUT2D eigenvalue weighted by atomic mass is 9.80. The number of rotatable bonds is 16. The van der Waals surface area contributed by atoms with E-state index in [1.807, 2.05) is 32.0 Å². The van der Waals surface area contributed by atoms with Crippen LogP contribution in [0.2, 0.25) is 0 Å². The average molecular weight is 724 g/mol. The number of hydrogen-bond acceptors (Lipinski definition) is 9. The van der Waals surface area contributed by atoms with Gasteiger partial charge in [-0.1, -0.05) is 52.3 Å². The summed E-state index contributed by atoms with van der Waals surface area (Å²) in [6, 6.07) is 10.8. The lowest BCUT2D eigenvalue weighted by Crippen LogP contribution is -2.52. The van der Waals surface area contributed by atoms with Crippen LogP contribution in [0.15, 0.2) is 42.5 Å². The minimum atomic E-state index is -0.898. The zero-order valence-electron chi connectivity index (χ0n) is 32.3. The third-order valence-corrected chi connectivity index (χ3v) is 9.26. The number of hydrogen-bond donors (Lipinski definition) is 2. The molecule has 1 aliphatic heterocycles. The first-order valence-corrected chi connectivity index (χ1v) is 18.2. The lowest BCUT2D eigenvalue weighted by molar-refractivity contribution is -0.145. The maximum atomic E-state index is 13.9. The second kappa shape index (κ2) is 18.8. The predicted molar refractivity (Wildman–Crippen MR) is 199 cm³/mol. The number of alkyl carbamates (subject to hydrolysis) is 1. The summed E-state index contributed by atoms with van der Waals surface area (Å²) in [5.41, 5.74) is 0.410. The van der Waals surface area contributed by atoms with Gasteiger partial charge < -0.3 is 29.6 Å². The van der Waals surface area contributed by atoms with Gasteiger partial charge in [-0.15, -0.1) is 0 Å². The number of carbonyl (C=O) groups excluding carboxylic acids is 5. The molecule has 0 aromatic heterocycles. The monoisotopic (exact) mass is 723 g/mol. The minimum absolute atomic E-state index is 0.289. The van der Waals surface area contributed by atoms with Gasteiger partial charge in [-0.05, 0) is 101 Å². The van der Waals surface area contributed by atoms with Gasteiger partial charge in [0.05, 0.1) is 14.2 Å². The van der Waals surface area contributed by atoms with E-state index in [4.69, 9.17) is 18.9 Å². The van der Waals surface area contributed by atoms with Crippen molar-refractivity contribution in [1.82, 2.24) is 10.2 Å². The molecule has 286 valence electrons. The quantitative estimate of drug-likeness (QED) is 0.167. The Morgan fingerprint density at radius 3 is 2.25 bits per heavy atom. The summed E-state index contributed by atoms with van der Waals surface area (Å²) in [6.45, 7) is 12.8. The smallest absolute Gasteiger partial charge is 0.411 e. The van der Waals surface area contributed by atoms with Crippen LogP contribution in [-0.4, -0.2) is 73.0 Å². The highest BCUT2D eigenvalue weighted by Gasteiger charge is 2.41. The van der Waals surface area contributed by atoms with Crippen LogP contribution >= 0.6 is 0 Å². The summed E-state index contributed by atoms with van der Waals surface area (Å²) in [4.78, 5) is 67.9. The Hall–Kier alpha value is -4.61. The Morgan fingerprint density at radius 2 is 1.62 bits per heavy atom. The number of carbonyl (C=O) groups is 5. The van der Waals surface area contributed by atoms with E-state index in [-0.39, 0.29) is 6.54 Å². The Bertz CT molecular complexity index is 1570. The Balaban J connectivity index is 1.90. The predicted octanol–water partition coefficient (Wildman–Crippen LogP) is 7.58. The third kappa shape index (κ3) is 11.7. The molecule has 3 atom stereocenters. The number of Topliss-reactive ketones (excluding diaryl/α,β-unsaturated/α-hetero) is 2. The van der Waals surface area contributed by atoms with Crippen LogP contribution in [0.3, 0.4) is 0 Å². The van der Waals surface area contributed by atoms with E-state index in [0.29, 0.717) is 74.1 Å². The fourth-order valence-electron chi connectivity index (χ4n) is 5.94. The van der Waals surface area contributed by atoms with E-state index in [9.17, 15) is 24.0 Å². The van der Waals surface area contributed by atoms with E-state index >= 15 is 0 Å². The van der Waals surface area contributed by atoms with Crippen LogP contribution < -0.4 is 20.1 Å². The van der Waals surface area contributed by atoms with Gasteiger partial charge in [0.15, 0.2) is 11.5 Å². The first-order valence-electron chi connectivity index (χ1n) is 18.2. The highest BCUT2D eigenvalue weighted by Crippen LogP contribution is 2.32. The molecule has 3 rings (SSSR count). The molecule has 2 N–H and O–H groups in total. The summed E-state index contributed by atoms with van der Waals surface area (Å²) >= 11 is 0. The minimum Gasteiger partial charge on any atom is -0.493 e. The van der Waals surface area contributed by atoms with Gasteiger partial charge in [-0.25, -0.2) is 9.59 Å². The third-order valence-electron chi connectivity index (χ3n) is 9.26. The van der Waals surface area contributed by atoms with Crippen molar-refractivity contribution in [3.8, 4) is 11.5 Å². The number of piperidine rings is 1. The molecule has 12 heteroatoms. The van der Waals surface area contributed by atoms with Crippen LogP contribution in [0.4, 0.5) is 15.3 Å². The fourth-order valence-corrected chi connectivity index (χ4v) is 5.94. The van der Waals surface area contributed by atoms with E-state index in [1.54, 1.807) is 73.1 Å². The van der Waals surface area contributed by atoms with Gasteiger partial charge in [-0.3, -0.25) is 19.3 Å². The van der Waals surface area contributed by atoms with Crippen LogP contribution in [0.25, 0.3) is 0 Å². The molecule has 1 aliphatic rings. The molecule has 0 aliphatic carbocycles. The van der Waals surface area contributed by atoms with Gasteiger partial charge in [0, 0.05) is 17.6 Å². The SMILES string of the molecule is CCCC(NC(=O)OC(C)(C)C)C(=O)Nc1cccc(C(CCc2ccc(OC)c(OC)c2)OC(=O)N2CCCCC2C(=O)C(=O)C(C)(C)CC)c1. The van der Waals surface area contributed by atoms with Crippen molar-refractivity contribution in [2.24, 2.45) is 5.41 Å². The molecule has 1 heterocycles. The first kappa shape index (κ1) is 41.8. The van der Waals surface area contributed by atoms with Gasteiger partial charge in [-0.2, -0.15) is 0 Å². The maximum absolute atomic E-state index is 13.9. The number of nitrogens with zero attached hydrogens (tertiary/aromatic N) is 1. The molecule has 2 aromatic rings. The molecule has 3 unspecified atom stereocenters. The van der Waals surface area contributed by atoms with Crippen molar-refractivity contribution in [3.05, 3.63) is 53.6 Å². The Labute approximate surface area is 308 Å². The number of anilines is 1. The Morgan fingerprint density at radius 1 is 0.904 bits per heavy atom. The van der Waals surface area contributed by atoms with Crippen LogP contribution in [0, 0.1) is 5.41 Å². The van der Waals surface area contributed by atoms with Gasteiger partial charge in [0.25, 0.3) is 0 Å². The maximum Gasteiger partial charge on any atom is 0.411 e. The normalized spacial score (nSPS) is 15.9. The standard InChI is InChI=1S/C40H57N3O9/c1-10-15-29(42-37(47)52-39(3,4)5)36(46)41-28-17-14-16-27(25-28)31(21-19-26-20-22-32(49-8)33(24-26)50-9)51-38(48)43-23-13-12-18-30(43)34(44)35(45)40(6,7)11-2/h14,16-17,20,22,24-25,29-31H,10-13,15,18-19,21,23H2,1-9H3,(H,41,46)(H,42,47). The van der Waals surface area contributed by atoms with E-state index < -0.39 is 58.9 Å². The first-order chi connectivity index (χ1) is 24.5. The van der Waals surface area contributed by atoms with Crippen molar-refractivity contribution in [3.63, 3.8) is 0 Å². The number of amides is 3. The highest BCUT2D eigenvalue weighted by atomic mass is 16.6. The van der Waals surface area contributed by atoms with E-state index in [0.717, 1.165) is 5.56 Å². The van der Waals surface area contributed by atoms with E-state index in [1.165, 1.54) is 4.90 Å². The zero-order chi connectivity index (χ0) is 38.6. The van der Waals surface area contributed by atoms with Gasteiger partial charge >= 0.3 is 12.2 Å². The molecule has 12 nitrogen and oxygen atoms in total. The Kier molecular flexibility index (Phi) is 15.1. The number of aryl methyl sites for hydroxylation is 1. The molecule has 0 spiro atoms. The van der Waals surface area contributed by atoms with Crippen molar-refractivity contribution < 1.29 is 42.9 Å². The summed E-state index contributed by atoms with van der Waals surface area (Å²) in [5, 5.41) is 5.56. The molecule has 52 heavy (non-hydrogen) atoms. The average Bonchev–Trinajstić information content (AvgIpc) is 3.11. The largest absolute Gasteiger partial charge is 0.493 e. The summed E-state index contributed by atoms with van der Waals surface area (Å²) in [5.74, 6) is -0.332. The van der Waals surface area contributed by atoms with Gasteiger partial charge in [0.1, 0.15) is 23.8 Å². The number of ether oxygens (including phenoxy) is 4. The lowest BCUT2D eigenvalue weighted by Gasteiger charge is -2.36. The molecule has 0 radical (unpaired) electrons. The number of nitrogens with one attached hydrogen (secondary N) is 2. The molecule has 3 amide bonds. The molecule has 2 aromatic carbocycles. The molecule has 1 saturated heterocycles. The number of benzene rings is 2. The van der Waals surface area contributed by atoms with Crippen LogP contribution in [-0.2, 0) is 30.3 Å². The van der Waals surface area contributed by atoms with Crippen molar-refractivity contribution in [2.75, 3.05) is 26.1 Å². The molecule has 1 fully saturated rings. The zero-order valence-corrected chi connectivity index (χ0v) is 32.3. The van der Waals surface area contributed by atoms with E-state index in [2.05, 4.69) is 10.6 Å². The molecule has 0 saturated carbocycles. The topological polar surface area (TPSA) is 150 Å². The van der Waals surface area contributed by atoms with Gasteiger partial charge in [0.2, 0.25) is 17.5 Å².